The van der Waals surface area contributed by atoms with Crippen LogP contribution in [0.4, 0.5) is 0 Å². The molecule has 0 aromatic carbocycles. The molecule has 0 aliphatic carbocycles. The smallest absolute Gasteiger partial charge is 0.313 e. The molecule has 0 fully saturated rings. The van der Waals surface area contributed by atoms with Crippen LogP contribution in [0.5, 0.6) is 0 Å². The van der Waals surface area contributed by atoms with Gasteiger partial charge in [0.2, 0.25) is 0 Å². The van der Waals surface area contributed by atoms with Crippen molar-refractivity contribution in [3.05, 3.63) is 0 Å². The average Bonchev–Trinajstić information content (AvgIpc) is 0.722. The maximum absolute atomic E-state index is 9.10. The zero-order chi connectivity index (χ0) is 4.50. The van der Waals surface area contributed by atoms with Crippen molar-refractivity contribution in [2.24, 2.45) is 5.50 Å². The Bertz CT molecular complexity index is 56.9. The maximum Gasteiger partial charge on any atom is 0.397 e. The van der Waals surface area contributed by atoms with Crippen molar-refractivity contribution in [3.63, 3.8) is 0 Å². The van der Waals surface area contributed by atoms with Crippen LogP contribution in [0.1, 0.15) is 0 Å². The standard InChI is InChI=1S/H4NO3P.Na/c1-5(2,3)4;/h(H4,1,2,3,4);. The van der Waals surface area contributed by atoms with Crippen molar-refractivity contribution >= 4 is 37.3 Å². The predicted molar refractivity (Wildman–Crippen MR) is 22.0 cm³/mol. The van der Waals surface area contributed by atoms with Gasteiger partial charge in [-0.2, -0.15) is 0 Å². The predicted octanol–water partition coefficient (Wildman–Crippen LogP) is -1.34. The molecule has 0 aliphatic rings. The molecule has 6 heavy (non-hydrogen) atoms. The van der Waals surface area contributed by atoms with Crippen molar-refractivity contribution in [1.82, 2.24) is 0 Å². The number of rotatable bonds is 0. The van der Waals surface area contributed by atoms with Crippen LogP contribution < -0.4 is 5.50 Å². The van der Waals surface area contributed by atoms with E-state index in [1.54, 1.807) is 0 Å². The number of nitrogens with two attached hydrogens (primary N) is 1. The van der Waals surface area contributed by atoms with E-state index < -0.39 is 7.75 Å². The van der Waals surface area contributed by atoms with Gasteiger partial charge in [-0.1, -0.05) is 0 Å². The Hall–Kier alpha value is 1.11. The van der Waals surface area contributed by atoms with Crippen LogP contribution in [0.25, 0.3) is 0 Å². The maximum atomic E-state index is 9.10. The summed E-state index contributed by atoms with van der Waals surface area (Å²) >= 11 is 0. The zero-order valence-corrected chi connectivity index (χ0v) is 6.22. The third kappa shape index (κ3) is 70.1. The van der Waals surface area contributed by atoms with Gasteiger partial charge in [0.05, 0.1) is 0 Å². The molecule has 0 saturated carbocycles. The fraction of sp³-hybridized carbons (Fsp3) is 0. The third-order valence-electron chi connectivity index (χ3n) is 0. The minimum Gasteiger partial charge on any atom is -0.313 e. The van der Waals surface area contributed by atoms with Crippen molar-refractivity contribution < 1.29 is 14.4 Å². The second kappa shape index (κ2) is 3.16. The zero-order valence-electron chi connectivity index (χ0n) is 3.33. The van der Waals surface area contributed by atoms with E-state index >= 15 is 0 Å². The summed E-state index contributed by atoms with van der Waals surface area (Å²) in [6.45, 7) is 0. The van der Waals surface area contributed by atoms with Gasteiger partial charge >= 0.3 is 7.75 Å². The molecule has 0 bridgehead atoms. The van der Waals surface area contributed by atoms with E-state index in [9.17, 15) is 0 Å². The second-order valence-corrected chi connectivity index (χ2v) is 1.77. The molecule has 0 atom stereocenters. The van der Waals surface area contributed by atoms with Gasteiger partial charge in [-0.05, 0) is 0 Å². The first-order valence-electron chi connectivity index (χ1n) is 0.841. The Morgan fingerprint density at radius 1 is 1.50 bits per heavy atom. The van der Waals surface area contributed by atoms with Crippen molar-refractivity contribution in [2.45, 2.75) is 0 Å². The molecular weight excluding hydrogens is 116 g/mol. The molecule has 0 spiro atoms. The van der Waals surface area contributed by atoms with Crippen LogP contribution in [0.3, 0.4) is 0 Å². The van der Waals surface area contributed by atoms with E-state index in [4.69, 9.17) is 14.4 Å². The summed E-state index contributed by atoms with van der Waals surface area (Å²) in [6, 6.07) is 0. The second-order valence-electron chi connectivity index (χ2n) is 0.589. The van der Waals surface area contributed by atoms with E-state index in [1.807, 2.05) is 0 Å². The van der Waals surface area contributed by atoms with E-state index in [2.05, 4.69) is 5.50 Å². The Labute approximate surface area is 57.2 Å². The van der Waals surface area contributed by atoms with Gasteiger partial charge < -0.3 is 9.79 Å². The van der Waals surface area contributed by atoms with Gasteiger partial charge in [-0.3, -0.25) is 0 Å². The van der Waals surface area contributed by atoms with Crippen LogP contribution in [0.2, 0.25) is 0 Å². The molecular formula is H4NNaO3P. The number of hydrogen-bond acceptors (Lipinski definition) is 1. The van der Waals surface area contributed by atoms with E-state index in [0.717, 1.165) is 0 Å². The molecule has 0 saturated heterocycles. The topological polar surface area (TPSA) is 83.6 Å². The first kappa shape index (κ1) is 10.2. The molecule has 6 heteroatoms. The molecule has 0 aromatic rings. The Morgan fingerprint density at radius 2 is 1.50 bits per heavy atom. The van der Waals surface area contributed by atoms with Crippen molar-refractivity contribution in [2.75, 3.05) is 0 Å². The fourth-order valence-corrected chi connectivity index (χ4v) is 0. The molecule has 0 heterocycles. The summed E-state index contributed by atoms with van der Waals surface area (Å²) in [6.07, 6.45) is 0. The van der Waals surface area contributed by atoms with Crippen LogP contribution in [-0.4, -0.2) is 39.3 Å². The summed E-state index contributed by atoms with van der Waals surface area (Å²) in [5, 5.41) is 0. The normalized spacial score (nSPS) is 9.83. The first-order chi connectivity index (χ1) is 2.00. The summed E-state index contributed by atoms with van der Waals surface area (Å²) in [4.78, 5) is 14.8. The molecule has 0 aliphatic heterocycles. The van der Waals surface area contributed by atoms with Crippen LogP contribution in [-0.2, 0) is 4.57 Å². The van der Waals surface area contributed by atoms with Crippen LogP contribution >= 0.6 is 7.75 Å². The molecule has 1 radical (unpaired) electrons. The SMILES string of the molecule is NP(=O)(O)O.[Na]. The van der Waals surface area contributed by atoms with Crippen molar-refractivity contribution in [3.8, 4) is 0 Å². The monoisotopic (exact) mass is 120 g/mol. The molecule has 0 unspecified atom stereocenters. The van der Waals surface area contributed by atoms with Gasteiger partial charge in [0, 0.05) is 29.6 Å². The molecule has 0 rings (SSSR count). The number of hydrogen-bond donors (Lipinski definition) is 3. The molecule has 33 valence electrons. The third-order valence-corrected chi connectivity index (χ3v) is 0. The van der Waals surface area contributed by atoms with E-state index in [0.29, 0.717) is 0 Å². The quantitative estimate of drug-likeness (QED) is 0.273. The van der Waals surface area contributed by atoms with Gasteiger partial charge in [-0.15, -0.1) is 0 Å². The van der Waals surface area contributed by atoms with E-state index in [1.165, 1.54) is 0 Å². The fourth-order valence-electron chi connectivity index (χ4n) is 0. The molecule has 4 nitrogen and oxygen atoms in total. The van der Waals surface area contributed by atoms with Crippen LogP contribution in [0.15, 0.2) is 0 Å². The Balaban J connectivity index is 0. The summed E-state index contributed by atoms with van der Waals surface area (Å²) in [5.41, 5.74) is 4.02. The van der Waals surface area contributed by atoms with Gasteiger partial charge in [0.1, 0.15) is 0 Å². The van der Waals surface area contributed by atoms with Gasteiger partial charge in [0.15, 0.2) is 0 Å². The summed E-state index contributed by atoms with van der Waals surface area (Å²) < 4.78 is 9.10. The Kier molecular flexibility index (Phi) is 5.35. The first-order valence-corrected chi connectivity index (χ1v) is 2.52. The molecule has 0 amide bonds. The minimum absolute atomic E-state index is 0. The summed E-state index contributed by atoms with van der Waals surface area (Å²) in [5.74, 6) is 0. The van der Waals surface area contributed by atoms with Gasteiger partial charge in [0.25, 0.3) is 0 Å². The van der Waals surface area contributed by atoms with Gasteiger partial charge in [-0.25, -0.2) is 10.1 Å². The summed E-state index contributed by atoms with van der Waals surface area (Å²) in [7, 11) is -4.14. The molecule has 0 aromatic heterocycles. The minimum atomic E-state index is -4.14. The van der Waals surface area contributed by atoms with Crippen LogP contribution in [0, 0.1) is 0 Å². The Morgan fingerprint density at radius 3 is 1.50 bits per heavy atom. The molecule has 4 N–H and O–H groups in total. The van der Waals surface area contributed by atoms with Crippen molar-refractivity contribution in [1.29, 1.82) is 0 Å². The average molecular weight is 120 g/mol. The largest absolute Gasteiger partial charge is 0.397 e. The van der Waals surface area contributed by atoms with E-state index in [-0.39, 0.29) is 29.6 Å².